The van der Waals surface area contributed by atoms with Crippen LogP contribution in [-0.4, -0.2) is 10.0 Å². The van der Waals surface area contributed by atoms with Gasteiger partial charge >= 0.3 is 5.69 Å². The maximum absolute atomic E-state index is 10.2. The first-order valence-corrected chi connectivity index (χ1v) is 3.82. The predicted octanol–water partition coefficient (Wildman–Crippen LogP) is 1.90. The highest BCUT2D eigenvalue weighted by Crippen LogP contribution is 2.26. The number of hydrogen-bond acceptors (Lipinski definition) is 3. The molecular weight excluding hydrogens is 261 g/mol. The smallest absolute Gasteiger partial charge is 0.310 e. The maximum atomic E-state index is 10.2. The van der Waals surface area contributed by atoms with Crippen molar-refractivity contribution in [3.05, 3.63) is 31.9 Å². The van der Waals surface area contributed by atoms with Crippen LogP contribution in [0.5, 0.6) is 5.75 Å². The van der Waals surface area contributed by atoms with E-state index in [4.69, 9.17) is 5.11 Å². The molecule has 5 heteroatoms. The standard InChI is InChI=1S/C6H4INO3/c7-4-1-2-5(8(10)11)6(9)3-4/h1-3,9H. The van der Waals surface area contributed by atoms with Crippen LogP contribution in [0.4, 0.5) is 5.69 Å². The van der Waals surface area contributed by atoms with E-state index in [-0.39, 0.29) is 11.4 Å². The molecule has 0 unspecified atom stereocenters. The van der Waals surface area contributed by atoms with Gasteiger partial charge in [0, 0.05) is 15.7 Å². The van der Waals surface area contributed by atoms with Gasteiger partial charge in [-0.2, -0.15) is 0 Å². The number of benzene rings is 1. The van der Waals surface area contributed by atoms with Gasteiger partial charge in [-0.15, -0.1) is 0 Å². The zero-order valence-electron chi connectivity index (χ0n) is 5.32. The lowest BCUT2D eigenvalue weighted by Crippen LogP contribution is -1.87. The van der Waals surface area contributed by atoms with Crippen molar-refractivity contribution in [1.82, 2.24) is 0 Å². The molecule has 1 N–H and O–H groups in total. The molecule has 0 fully saturated rings. The molecule has 0 bridgehead atoms. The maximum Gasteiger partial charge on any atom is 0.310 e. The van der Waals surface area contributed by atoms with E-state index in [1.807, 2.05) is 22.6 Å². The minimum atomic E-state index is -0.620. The zero-order chi connectivity index (χ0) is 8.43. The number of nitrogens with zero attached hydrogens (tertiary/aromatic N) is 1. The first-order valence-electron chi connectivity index (χ1n) is 2.74. The number of halogens is 1. The zero-order valence-corrected chi connectivity index (χ0v) is 7.48. The summed E-state index contributed by atoms with van der Waals surface area (Å²) in [5.74, 6) is -0.290. The van der Waals surface area contributed by atoms with E-state index in [0.29, 0.717) is 0 Å². The summed E-state index contributed by atoms with van der Waals surface area (Å²) in [5, 5.41) is 19.2. The predicted molar refractivity (Wildman–Crippen MR) is 47.5 cm³/mol. The van der Waals surface area contributed by atoms with Gasteiger partial charge in [-0.1, -0.05) is 0 Å². The van der Waals surface area contributed by atoms with Crippen molar-refractivity contribution in [3.63, 3.8) is 0 Å². The SMILES string of the molecule is O=[N+]([O-])c1ccc(I)cc1O. The van der Waals surface area contributed by atoms with Crippen LogP contribution in [0.15, 0.2) is 18.2 Å². The molecule has 0 spiro atoms. The van der Waals surface area contributed by atoms with Crippen molar-refractivity contribution in [2.45, 2.75) is 0 Å². The summed E-state index contributed by atoms with van der Waals surface area (Å²) in [7, 11) is 0. The highest BCUT2D eigenvalue weighted by molar-refractivity contribution is 14.1. The van der Waals surface area contributed by atoms with E-state index >= 15 is 0 Å². The normalized spacial score (nSPS) is 9.55. The Hall–Kier alpha value is -0.850. The lowest BCUT2D eigenvalue weighted by atomic mass is 10.3. The molecule has 0 aliphatic rings. The van der Waals surface area contributed by atoms with Gasteiger partial charge in [0.25, 0.3) is 0 Å². The summed E-state index contributed by atoms with van der Waals surface area (Å²) in [5.41, 5.74) is -0.259. The molecule has 0 heterocycles. The summed E-state index contributed by atoms with van der Waals surface area (Å²) in [4.78, 5) is 9.56. The van der Waals surface area contributed by atoms with Crippen LogP contribution < -0.4 is 0 Å². The molecule has 0 atom stereocenters. The first-order chi connectivity index (χ1) is 5.11. The van der Waals surface area contributed by atoms with E-state index in [1.165, 1.54) is 12.1 Å². The monoisotopic (exact) mass is 265 g/mol. The second-order valence-electron chi connectivity index (χ2n) is 1.89. The minimum absolute atomic E-state index is 0.259. The molecule has 1 aromatic carbocycles. The van der Waals surface area contributed by atoms with E-state index in [2.05, 4.69) is 0 Å². The van der Waals surface area contributed by atoms with E-state index in [0.717, 1.165) is 3.57 Å². The van der Waals surface area contributed by atoms with Gasteiger partial charge in [-0.05, 0) is 28.7 Å². The molecule has 4 nitrogen and oxygen atoms in total. The molecule has 0 saturated heterocycles. The lowest BCUT2D eigenvalue weighted by molar-refractivity contribution is -0.385. The number of phenols is 1. The third-order valence-electron chi connectivity index (χ3n) is 1.13. The third-order valence-corrected chi connectivity index (χ3v) is 1.81. The number of nitro benzene ring substituents is 1. The third kappa shape index (κ3) is 1.79. The summed E-state index contributed by atoms with van der Waals surface area (Å²) in [6.07, 6.45) is 0. The fourth-order valence-corrected chi connectivity index (χ4v) is 1.13. The molecule has 0 aliphatic heterocycles. The Morgan fingerprint density at radius 2 is 2.18 bits per heavy atom. The van der Waals surface area contributed by atoms with Crippen LogP contribution in [0.2, 0.25) is 0 Å². The van der Waals surface area contributed by atoms with Crippen LogP contribution >= 0.6 is 22.6 Å². The fourth-order valence-electron chi connectivity index (χ4n) is 0.651. The minimum Gasteiger partial charge on any atom is -0.502 e. The van der Waals surface area contributed by atoms with Crippen LogP contribution in [0.3, 0.4) is 0 Å². The molecule has 1 rings (SSSR count). The van der Waals surface area contributed by atoms with Gasteiger partial charge < -0.3 is 5.11 Å². The molecule has 0 aromatic heterocycles. The molecule has 0 amide bonds. The number of nitro groups is 1. The largest absolute Gasteiger partial charge is 0.502 e. The Kier molecular flexibility index (Phi) is 2.28. The average Bonchev–Trinajstić information content (AvgIpc) is 1.85. The summed E-state index contributed by atoms with van der Waals surface area (Å²) in [6.45, 7) is 0. The number of rotatable bonds is 1. The molecule has 0 radical (unpaired) electrons. The van der Waals surface area contributed by atoms with Crippen LogP contribution in [-0.2, 0) is 0 Å². The number of hydrogen-bond donors (Lipinski definition) is 1. The van der Waals surface area contributed by atoms with E-state index in [9.17, 15) is 10.1 Å². The second-order valence-corrected chi connectivity index (χ2v) is 3.14. The highest BCUT2D eigenvalue weighted by atomic mass is 127. The van der Waals surface area contributed by atoms with Gasteiger partial charge in [0.1, 0.15) is 0 Å². The van der Waals surface area contributed by atoms with E-state index < -0.39 is 4.92 Å². The average molecular weight is 265 g/mol. The van der Waals surface area contributed by atoms with Crippen molar-refractivity contribution in [2.24, 2.45) is 0 Å². The molecule has 1 aromatic rings. The van der Waals surface area contributed by atoms with Crippen molar-refractivity contribution >= 4 is 28.3 Å². The van der Waals surface area contributed by atoms with Crippen LogP contribution in [0, 0.1) is 13.7 Å². The fraction of sp³-hybridized carbons (Fsp3) is 0. The Morgan fingerprint density at radius 1 is 1.55 bits per heavy atom. The van der Waals surface area contributed by atoms with E-state index in [1.54, 1.807) is 6.07 Å². The Labute approximate surface area is 76.1 Å². The molecule has 58 valence electrons. The lowest BCUT2D eigenvalue weighted by Gasteiger charge is -1.94. The first kappa shape index (κ1) is 8.25. The molecule has 0 aliphatic carbocycles. The molecule has 0 saturated carbocycles. The van der Waals surface area contributed by atoms with Crippen molar-refractivity contribution in [3.8, 4) is 5.75 Å². The second kappa shape index (κ2) is 3.04. The van der Waals surface area contributed by atoms with Gasteiger partial charge in [-0.3, -0.25) is 10.1 Å². The molecular formula is C6H4INO3. The summed E-state index contributed by atoms with van der Waals surface area (Å²) in [6, 6.07) is 4.19. The summed E-state index contributed by atoms with van der Waals surface area (Å²) < 4.78 is 0.769. The number of phenolic OH excluding ortho intramolecular Hbond substituents is 1. The topological polar surface area (TPSA) is 63.4 Å². The van der Waals surface area contributed by atoms with Gasteiger partial charge in [0.15, 0.2) is 5.75 Å². The highest BCUT2D eigenvalue weighted by Gasteiger charge is 2.11. The van der Waals surface area contributed by atoms with Crippen molar-refractivity contribution in [2.75, 3.05) is 0 Å². The van der Waals surface area contributed by atoms with Gasteiger partial charge in [-0.25, -0.2) is 0 Å². The molecule has 11 heavy (non-hydrogen) atoms. The van der Waals surface area contributed by atoms with Crippen LogP contribution in [0.1, 0.15) is 0 Å². The van der Waals surface area contributed by atoms with Crippen molar-refractivity contribution in [1.29, 1.82) is 0 Å². The quantitative estimate of drug-likeness (QED) is 0.479. The Bertz CT molecular complexity index is 300. The van der Waals surface area contributed by atoms with Gasteiger partial charge in [0.2, 0.25) is 0 Å². The summed E-state index contributed by atoms with van der Waals surface area (Å²) >= 11 is 1.96. The Balaban J connectivity index is 3.20. The van der Waals surface area contributed by atoms with Crippen LogP contribution in [0.25, 0.3) is 0 Å². The number of aromatic hydroxyl groups is 1. The van der Waals surface area contributed by atoms with Gasteiger partial charge in [0.05, 0.1) is 4.92 Å². The Morgan fingerprint density at radius 3 is 2.64 bits per heavy atom. The van der Waals surface area contributed by atoms with Crippen molar-refractivity contribution < 1.29 is 10.0 Å².